The molecule has 0 radical (unpaired) electrons. The van der Waals surface area contributed by atoms with Crippen LogP contribution in [0, 0.1) is 11.7 Å². The average Bonchev–Trinajstić information content (AvgIpc) is 3.00. The van der Waals surface area contributed by atoms with Crippen LogP contribution in [0.15, 0.2) is 41.1 Å². The minimum atomic E-state index is -0.647. The Hall–Kier alpha value is -1.72. The lowest BCUT2D eigenvalue weighted by atomic mass is 9.98. The van der Waals surface area contributed by atoms with Gasteiger partial charge in [-0.25, -0.2) is 4.39 Å². The van der Waals surface area contributed by atoms with Crippen molar-refractivity contribution in [2.24, 2.45) is 5.92 Å². The Morgan fingerprint density at radius 2 is 2.05 bits per heavy atom. The summed E-state index contributed by atoms with van der Waals surface area (Å²) < 4.78 is 18.2. The van der Waals surface area contributed by atoms with E-state index in [0.29, 0.717) is 18.1 Å². The molecule has 3 atom stereocenters. The second-order valence-electron chi connectivity index (χ2n) is 5.96. The van der Waals surface area contributed by atoms with Gasteiger partial charge < -0.3 is 14.8 Å². The van der Waals surface area contributed by atoms with Crippen LogP contribution in [0.4, 0.5) is 4.39 Å². The van der Waals surface area contributed by atoms with Crippen molar-refractivity contribution in [2.75, 3.05) is 0 Å². The van der Waals surface area contributed by atoms with E-state index in [1.807, 2.05) is 6.92 Å². The molecule has 5 heteroatoms. The first-order chi connectivity index (χ1) is 10.5. The first kappa shape index (κ1) is 16.6. The van der Waals surface area contributed by atoms with E-state index in [2.05, 4.69) is 24.1 Å². The number of rotatable bonds is 7. The van der Waals surface area contributed by atoms with Crippen LogP contribution in [0.1, 0.15) is 50.8 Å². The molecular formula is C17H23FN2O2. The molecule has 0 aliphatic rings. The SMILES string of the molecule is CC(CC(O)c1ccco1)NC(c1ccc(F)cn1)C(C)C. The number of hydrogen-bond donors (Lipinski definition) is 2. The molecular weight excluding hydrogens is 283 g/mol. The van der Waals surface area contributed by atoms with E-state index in [-0.39, 0.29) is 17.9 Å². The summed E-state index contributed by atoms with van der Waals surface area (Å²) in [6.07, 6.45) is 2.66. The molecule has 0 fully saturated rings. The molecule has 0 spiro atoms. The van der Waals surface area contributed by atoms with Crippen LogP contribution in [-0.2, 0) is 0 Å². The summed E-state index contributed by atoms with van der Waals surface area (Å²) in [5.41, 5.74) is 0.802. The third-order valence-corrected chi connectivity index (χ3v) is 3.65. The Morgan fingerprint density at radius 1 is 1.27 bits per heavy atom. The van der Waals surface area contributed by atoms with E-state index >= 15 is 0 Å². The molecule has 2 heterocycles. The lowest BCUT2D eigenvalue weighted by molar-refractivity contribution is 0.125. The zero-order chi connectivity index (χ0) is 16.1. The quantitative estimate of drug-likeness (QED) is 0.820. The van der Waals surface area contributed by atoms with Crippen LogP contribution in [0.2, 0.25) is 0 Å². The van der Waals surface area contributed by atoms with Crippen molar-refractivity contribution in [3.63, 3.8) is 0 Å². The number of pyridine rings is 1. The van der Waals surface area contributed by atoms with Gasteiger partial charge in [-0.2, -0.15) is 0 Å². The number of aliphatic hydroxyl groups excluding tert-OH is 1. The van der Waals surface area contributed by atoms with Gasteiger partial charge in [-0.05, 0) is 43.5 Å². The molecule has 4 nitrogen and oxygen atoms in total. The second kappa shape index (κ2) is 7.51. The van der Waals surface area contributed by atoms with Gasteiger partial charge in [0.25, 0.3) is 0 Å². The highest BCUT2D eigenvalue weighted by Gasteiger charge is 2.22. The van der Waals surface area contributed by atoms with E-state index in [9.17, 15) is 9.50 Å². The summed E-state index contributed by atoms with van der Waals surface area (Å²) >= 11 is 0. The van der Waals surface area contributed by atoms with Crippen molar-refractivity contribution in [1.29, 1.82) is 0 Å². The van der Waals surface area contributed by atoms with Gasteiger partial charge in [0.05, 0.1) is 24.2 Å². The Balaban J connectivity index is 2.00. The number of nitrogens with one attached hydrogen (secondary N) is 1. The highest BCUT2D eigenvalue weighted by atomic mass is 19.1. The molecule has 3 unspecified atom stereocenters. The van der Waals surface area contributed by atoms with E-state index < -0.39 is 6.10 Å². The summed E-state index contributed by atoms with van der Waals surface area (Å²) in [6, 6.07) is 6.69. The van der Waals surface area contributed by atoms with Gasteiger partial charge in [0, 0.05) is 6.04 Å². The number of hydrogen-bond acceptors (Lipinski definition) is 4. The van der Waals surface area contributed by atoms with Crippen molar-refractivity contribution >= 4 is 0 Å². The lowest BCUT2D eigenvalue weighted by Crippen LogP contribution is -2.35. The van der Waals surface area contributed by atoms with Crippen LogP contribution < -0.4 is 5.32 Å². The van der Waals surface area contributed by atoms with Crippen LogP contribution in [0.5, 0.6) is 0 Å². The monoisotopic (exact) mass is 306 g/mol. The standard InChI is InChI=1S/C17H23FN2O2/c1-11(2)17(14-7-6-13(18)10-19-14)20-12(3)9-15(21)16-5-4-8-22-16/h4-8,10-12,15,17,20-21H,9H2,1-3H3. The van der Waals surface area contributed by atoms with Crippen molar-refractivity contribution in [1.82, 2.24) is 10.3 Å². The van der Waals surface area contributed by atoms with Crippen molar-refractivity contribution in [3.05, 3.63) is 54.0 Å². The highest BCUT2D eigenvalue weighted by molar-refractivity contribution is 5.11. The van der Waals surface area contributed by atoms with Gasteiger partial charge in [-0.3, -0.25) is 4.98 Å². The molecule has 0 aliphatic heterocycles. The van der Waals surface area contributed by atoms with Crippen molar-refractivity contribution < 1.29 is 13.9 Å². The fourth-order valence-corrected chi connectivity index (χ4v) is 2.50. The lowest BCUT2D eigenvalue weighted by Gasteiger charge is -2.27. The summed E-state index contributed by atoms with van der Waals surface area (Å²) in [5.74, 6) is 0.517. The Kier molecular flexibility index (Phi) is 5.69. The molecule has 22 heavy (non-hydrogen) atoms. The van der Waals surface area contributed by atoms with E-state index in [1.54, 1.807) is 24.5 Å². The number of nitrogens with zero attached hydrogens (tertiary/aromatic N) is 1. The maximum atomic E-state index is 13.0. The van der Waals surface area contributed by atoms with Gasteiger partial charge in [-0.1, -0.05) is 13.8 Å². The first-order valence-corrected chi connectivity index (χ1v) is 7.56. The zero-order valence-corrected chi connectivity index (χ0v) is 13.2. The third kappa shape index (κ3) is 4.39. The average molecular weight is 306 g/mol. The number of aromatic nitrogens is 1. The Bertz CT molecular complexity index is 555. The third-order valence-electron chi connectivity index (χ3n) is 3.65. The van der Waals surface area contributed by atoms with Crippen LogP contribution >= 0.6 is 0 Å². The van der Waals surface area contributed by atoms with Crippen LogP contribution in [-0.4, -0.2) is 16.1 Å². The molecule has 0 saturated heterocycles. The minimum Gasteiger partial charge on any atom is -0.467 e. The smallest absolute Gasteiger partial charge is 0.141 e. The molecule has 0 aliphatic carbocycles. The highest BCUT2D eigenvalue weighted by Crippen LogP contribution is 2.24. The Morgan fingerprint density at radius 3 is 2.59 bits per heavy atom. The van der Waals surface area contributed by atoms with E-state index in [0.717, 1.165) is 5.69 Å². The molecule has 2 aromatic rings. The predicted octanol–water partition coefficient (Wildman–Crippen LogP) is 3.61. The molecule has 0 saturated carbocycles. The molecule has 2 rings (SSSR count). The Labute approximate surface area is 130 Å². The number of aliphatic hydroxyl groups is 1. The van der Waals surface area contributed by atoms with Gasteiger partial charge in [0.2, 0.25) is 0 Å². The first-order valence-electron chi connectivity index (χ1n) is 7.56. The molecule has 0 aromatic carbocycles. The molecule has 0 amide bonds. The van der Waals surface area contributed by atoms with Crippen LogP contribution in [0.3, 0.4) is 0 Å². The van der Waals surface area contributed by atoms with Gasteiger partial charge in [-0.15, -0.1) is 0 Å². The largest absolute Gasteiger partial charge is 0.467 e. The minimum absolute atomic E-state index is 0.000555. The zero-order valence-electron chi connectivity index (χ0n) is 13.2. The van der Waals surface area contributed by atoms with Crippen molar-refractivity contribution in [3.8, 4) is 0 Å². The number of halogens is 1. The number of furan rings is 1. The fraction of sp³-hybridized carbons (Fsp3) is 0.471. The summed E-state index contributed by atoms with van der Waals surface area (Å²) in [6.45, 7) is 6.17. The maximum absolute atomic E-state index is 13.0. The molecule has 120 valence electrons. The topological polar surface area (TPSA) is 58.3 Å². The summed E-state index contributed by atoms with van der Waals surface area (Å²) in [7, 11) is 0. The molecule has 2 N–H and O–H groups in total. The summed E-state index contributed by atoms with van der Waals surface area (Å²) in [5, 5.41) is 13.6. The summed E-state index contributed by atoms with van der Waals surface area (Å²) in [4.78, 5) is 4.16. The van der Waals surface area contributed by atoms with Crippen molar-refractivity contribution in [2.45, 2.75) is 45.4 Å². The van der Waals surface area contributed by atoms with Gasteiger partial charge in [0.1, 0.15) is 17.7 Å². The maximum Gasteiger partial charge on any atom is 0.141 e. The molecule has 2 aromatic heterocycles. The molecule has 0 bridgehead atoms. The predicted molar refractivity (Wildman–Crippen MR) is 82.7 cm³/mol. The van der Waals surface area contributed by atoms with Crippen LogP contribution in [0.25, 0.3) is 0 Å². The normalized spacial score (nSPS) is 15.7. The second-order valence-corrected chi connectivity index (χ2v) is 5.96. The van der Waals surface area contributed by atoms with E-state index in [4.69, 9.17) is 4.42 Å². The fourth-order valence-electron chi connectivity index (χ4n) is 2.50. The van der Waals surface area contributed by atoms with Gasteiger partial charge in [0.15, 0.2) is 0 Å². The van der Waals surface area contributed by atoms with E-state index in [1.165, 1.54) is 12.3 Å². The van der Waals surface area contributed by atoms with Gasteiger partial charge >= 0.3 is 0 Å².